The van der Waals surface area contributed by atoms with E-state index in [1.807, 2.05) is 0 Å². The molecule has 0 spiro atoms. The lowest BCUT2D eigenvalue weighted by atomic mass is 9.91. The number of nitrogens with two attached hydrogens (primary N) is 2. The van der Waals surface area contributed by atoms with Crippen molar-refractivity contribution in [1.29, 1.82) is 5.26 Å². The SMILES string of the molecule is N#Cc1cc(C(N)=O)c(Nc2cccc(CO)c2)nc1N[C@@H]1CCCC[C@@H]1N. The number of carbonyl (C=O) groups excluding carboxylic acids is 1. The minimum absolute atomic E-state index is 0.0124. The minimum atomic E-state index is -0.689. The molecule has 8 heteroatoms. The third-order valence-electron chi connectivity index (χ3n) is 4.92. The number of nitrogens with one attached hydrogen (secondary N) is 2. The van der Waals surface area contributed by atoms with Crippen molar-refractivity contribution in [1.82, 2.24) is 4.98 Å². The summed E-state index contributed by atoms with van der Waals surface area (Å²) >= 11 is 0. The Morgan fingerprint density at radius 3 is 2.75 bits per heavy atom. The molecular weight excluding hydrogens is 356 g/mol. The molecule has 0 saturated heterocycles. The van der Waals surface area contributed by atoms with Gasteiger partial charge in [-0.05, 0) is 36.6 Å². The zero-order chi connectivity index (χ0) is 20.1. The molecule has 28 heavy (non-hydrogen) atoms. The van der Waals surface area contributed by atoms with Crippen LogP contribution in [0.25, 0.3) is 0 Å². The number of aliphatic hydroxyl groups is 1. The number of aromatic nitrogens is 1. The van der Waals surface area contributed by atoms with Crippen LogP contribution in [-0.2, 0) is 6.61 Å². The average molecular weight is 380 g/mol. The fourth-order valence-electron chi connectivity index (χ4n) is 3.39. The summed E-state index contributed by atoms with van der Waals surface area (Å²) in [5.41, 5.74) is 13.4. The number of primary amides is 1. The Balaban J connectivity index is 1.97. The molecule has 2 aromatic rings. The predicted octanol–water partition coefficient (Wildman–Crippen LogP) is 1.97. The number of nitriles is 1. The smallest absolute Gasteiger partial charge is 0.252 e. The van der Waals surface area contributed by atoms with Crippen LogP contribution in [0, 0.1) is 11.3 Å². The van der Waals surface area contributed by atoms with Crippen molar-refractivity contribution in [3.63, 3.8) is 0 Å². The average Bonchev–Trinajstić information content (AvgIpc) is 2.70. The Labute approximate surface area is 163 Å². The molecule has 8 nitrogen and oxygen atoms in total. The lowest BCUT2D eigenvalue weighted by Crippen LogP contribution is -2.43. The van der Waals surface area contributed by atoms with Crippen molar-refractivity contribution in [2.24, 2.45) is 11.5 Å². The van der Waals surface area contributed by atoms with E-state index in [9.17, 15) is 15.2 Å². The van der Waals surface area contributed by atoms with E-state index in [1.165, 1.54) is 6.07 Å². The molecule has 1 saturated carbocycles. The van der Waals surface area contributed by atoms with E-state index in [0.717, 1.165) is 25.7 Å². The molecule has 1 heterocycles. The summed E-state index contributed by atoms with van der Waals surface area (Å²) in [4.78, 5) is 16.4. The Hall–Kier alpha value is -3.15. The summed E-state index contributed by atoms with van der Waals surface area (Å²) in [6, 6.07) is 10.6. The molecule has 3 rings (SSSR count). The normalized spacial score (nSPS) is 18.9. The zero-order valence-corrected chi connectivity index (χ0v) is 15.5. The minimum Gasteiger partial charge on any atom is -0.392 e. The van der Waals surface area contributed by atoms with Crippen molar-refractivity contribution >= 4 is 23.2 Å². The van der Waals surface area contributed by atoms with E-state index in [-0.39, 0.29) is 35.6 Å². The summed E-state index contributed by atoms with van der Waals surface area (Å²) in [6.07, 6.45) is 3.96. The molecule has 0 radical (unpaired) electrons. The van der Waals surface area contributed by atoms with E-state index in [0.29, 0.717) is 17.1 Å². The Kier molecular flexibility index (Phi) is 6.09. The van der Waals surface area contributed by atoms with Gasteiger partial charge in [0.05, 0.1) is 17.7 Å². The van der Waals surface area contributed by atoms with Gasteiger partial charge in [-0.25, -0.2) is 4.98 Å². The van der Waals surface area contributed by atoms with Gasteiger partial charge in [0.15, 0.2) is 0 Å². The molecule has 2 atom stereocenters. The van der Waals surface area contributed by atoms with Gasteiger partial charge in [0, 0.05) is 17.8 Å². The second-order valence-electron chi connectivity index (χ2n) is 6.94. The van der Waals surface area contributed by atoms with Crippen molar-refractivity contribution in [2.75, 3.05) is 10.6 Å². The van der Waals surface area contributed by atoms with Crippen LogP contribution in [0.2, 0.25) is 0 Å². The van der Waals surface area contributed by atoms with Gasteiger partial charge in [0.25, 0.3) is 5.91 Å². The lowest BCUT2D eigenvalue weighted by molar-refractivity contribution is 0.100. The second kappa shape index (κ2) is 8.69. The van der Waals surface area contributed by atoms with Crippen molar-refractivity contribution < 1.29 is 9.90 Å². The van der Waals surface area contributed by atoms with Gasteiger partial charge in [-0.15, -0.1) is 0 Å². The molecule has 0 bridgehead atoms. The maximum Gasteiger partial charge on any atom is 0.252 e. The number of benzene rings is 1. The first-order valence-corrected chi connectivity index (χ1v) is 9.25. The summed E-state index contributed by atoms with van der Waals surface area (Å²) in [6.45, 7) is -0.106. The molecule has 0 aliphatic heterocycles. The molecule has 1 aromatic carbocycles. The molecule has 1 amide bonds. The molecule has 1 aliphatic rings. The van der Waals surface area contributed by atoms with Crippen LogP contribution >= 0.6 is 0 Å². The fourth-order valence-corrected chi connectivity index (χ4v) is 3.39. The number of aliphatic hydroxyl groups excluding tert-OH is 1. The maximum atomic E-state index is 11.9. The Morgan fingerprint density at radius 1 is 1.29 bits per heavy atom. The van der Waals surface area contributed by atoms with Crippen LogP contribution in [0.4, 0.5) is 17.3 Å². The molecule has 146 valence electrons. The number of hydrogen-bond acceptors (Lipinski definition) is 7. The molecule has 1 aliphatic carbocycles. The van der Waals surface area contributed by atoms with Crippen LogP contribution < -0.4 is 22.1 Å². The van der Waals surface area contributed by atoms with Gasteiger partial charge in [0.1, 0.15) is 17.7 Å². The van der Waals surface area contributed by atoms with E-state index in [1.54, 1.807) is 24.3 Å². The molecule has 1 aromatic heterocycles. The van der Waals surface area contributed by atoms with E-state index in [2.05, 4.69) is 21.7 Å². The summed E-state index contributed by atoms with van der Waals surface area (Å²) in [5, 5.41) is 25.2. The third-order valence-corrected chi connectivity index (χ3v) is 4.92. The predicted molar refractivity (Wildman–Crippen MR) is 107 cm³/mol. The highest BCUT2D eigenvalue weighted by Crippen LogP contribution is 2.27. The standard InChI is InChI=1S/C20H24N6O2/c21-10-13-9-15(18(23)28)20(24-14-5-3-4-12(8-14)11-27)26-19(13)25-17-7-2-1-6-16(17)22/h3-5,8-9,16-17,27H,1-2,6-7,11,22H2,(H2,23,28)(H2,24,25,26)/t16-,17+/m0/s1. The Bertz CT molecular complexity index is 908. The number of pyridine rings is 1. The number of anilines is 3. The van der Waals surface area contributed by atoms with Crippen LogP contribution in [0.15, 0.2) is 30.3 Å². The van der Waals surface area contributed by atoms with Crippen LogP contribution in [-0.4, -0.2) is 28.1 Å². The number of rotatable bonds is 6. The van der Waals surface area contributed by atoms with Gasteiger partial charge < -0.3 is 27.2 Å². The first-order valence-electron chi connectivity index (χ1n) is 9.25. The van der Waals surface area contributed by atoms with Crippen molar-refractivity contribution in [3.05, 3.63) is 47.0 Å². The van der Waals surface area contributed by atoms with E-state index in [4.69, 9.17) is 11.5 Å². The number of carbonyl (C=O) groups is 1. The van der Waals surface area contributed by atoms with Gasteiger partial charge in [-0.1, -0.05) is 25.0 Å². The number of nitrogens with zero attached hydrogens (tertiary/aromatic N) is 2. The summed E-state index contributed by atoms with van der Waals surface area (Å²) < 4.78 is 0. The van der Waals surface area contributed by atoms with E-state index < -0.39 is 5.91 Å². The molecular formula is C20H24N6O2. The van der Waals surface area contributed by atoms with Gasteiger partial charge in [0.2, 0.25) is 0 Å². The third kappa shape index (κ3) is 4.39. The largest absolute Gasteiger partial charge is 0.392 e. The quantitative estimate of drug-likeness (QED) is 0.514. The summed E-state index contributed by atoms with van der Waals surface area (Å²) in [7, 11) is 0. The lowest BCUT2D eigenvalue weighted by Gasteiger charge is -2.30. The highest BCUT2D eigenvalue weighted by atomic mass is 16.3. The Morgan fingerprint density at radius 2 is 2.07 bits per heavy atom. The number of amides is 1. The monoisotopic (exact) mass is 380 g/mol. The van der Waals surface area contributed by atoms with Crippen molar-refractivity contribution in [2.45, 2.75) is 44.4 Å². The van der Waals surface area contributed by atoms with Crippen LogP contribution in [0.1, 0.15) is 47.2 Å². The second-order valence-corrected chi connectivity index (χ2v) is 6.94. The molecule has 1 fully saturated rings. The first-order chi connectivity index (χ1) is 13.5. The number of hydrogen-bond donors (Lipinski definition) is 5. The molecule has 0 unspecified atom stereocenters. The van der Waals surface area contributed by atoms with Crippen LogP contribution in [0.5, 0.6) is 0 Å². The fraction of sp³-hybridized carbons (Fsp3) is 0.350. The summed E-state index contributed by atoms with van der Waals surface area (Å²) in [5.74, 6) is -0.0742. The molecule has 7 N–H and O–H groups in total. The van der Waals surface area contributed by atoms with Gasteiger partial charge >= 0.3 is 0 Å². The van der Waals surface area contributed by atoms with Gasteiger partial charge in [-0.3, -0.25) is 4.79 Å². The first kappa shape index (κ1) is 19.6. The van der Waals surface area contributed by atoms with Crippen molar-refractivity contribution in [3.8, 4) is 6.07 Å². The zero-order valence-electron chi connectivity index (χ0n) is 15.5. The topological polar surface area (TPSA) is 150 Å². The van der Waals surface area contributed by atoms with Crippen LogP contribution in [0.3, 0.4) is 0 Å². The highest BCUT2D eigenvalue weighted by Gasteiger charge is 2.24. The van der Waals surface area contributed by atoms with Gasteiger partial charge in [-0.2, -0.15) is 5.26 Å². The van der Waals surface area contributed by atoms with E-state index >= 15 is 0 Å². The maximum absolute atomic E-state index is 11.9. The highest BCUT2D eigenvalue weighted by molar-refractivity contribution is 5.99.